The minimum absolute atomic E-state index is 0.00743. The molecule has 0 spiro atoms. The molecule has 5 nitrogen and oxygen atoms in total. The van der Waals surface area contributed by atoms with Crippen molar-refractivity contribution in [3.05, 3.63) is 22.4 Å². The third kappa shape index (κ3) is 3.03. The molecule has 2 atom stereocenters. The van der Waals surface area contributed by atoms with Gasteiger partial charge >= 0.3 is 0 Å². The molecule has 0 saturated carbocycles. The van der Waals surface area contributed by atoms with E-state index in [4.69, 9.17) is 0 Å². The molecule has 2 saturated heterocycles. The summed E-state index contributed by atoms with van der Waals surface area (Å²) in [6.07, 6.45) is 3.85. The van der Waals surface area contributed by atoms with Gasteiger partial charge in [-0.05, 0) is 44.2 Å². The second-order valence-electron chi connectivity index (χ2n) is 6.05. The third-order valence-electron chi connectivity index (χ3n) is 4.67. The SMILES string of the molecule is CNC1CCCN(C(=O)C2CCCN2C(=O)c2cccs2)C1. The Hall–Kier alpha value is -1.40. The van der Waals surface area contributed by atoms with E-state index in [2.05, 4.69) is 5.32 Å². The highest BCUT2D eigenvalue weighted by molar-refractivity contribution is 7.12. The molecule has 22 heavy (non-hydrogen) atoms. The number of piperidine rings is 1. The van der Waals surface area contributed by atoms with Crippen LogP contribution < -0.4 is 5.32 Å². The third-order valence-corrected chi connectivity index (χ3v) is 5.53. The van der Waals surface area contributed by atoms with Gasteiger partial charge in [-0.2, -0.15) is 0 Å². The van der Waals surface area contributed by atoms with Gasteiger partial charge in [0.1, 0.15) is 6.04 Å². The molecule has 2 unspecified atom stereocenters. The predicted molar refractivity (Wildman–Crippen MR) is 87.0 cm³/mol. The summed E-state index contributed by atoms with van der Waals surface area (Å²) >= 11 is 1.45. The molecule has 2 amide bonds. The summed E-state index contributed by atoms with van der Waals surface area (Å²) in [6, 6.07) is 3.82. The minimum atomic E-state index is -0.273. The molecule has 0 aliphatic carbocycles. The van der Waals surface area contributed by atoms with Gasteiger partial charge < -0.3 is 15.1 Å². The Morgan fingerprint density at radius 3 is 2.82 bits per heavy atom. The standard InChI is InChI=1S/C16H23N3O2S/c1-17-12-5-2-8-18(11-12)15(20)13-6-3-9-19(13)16(21)14-7-4-10-22-14/h4,7,10,12-13,17H,2-3,5-6,8-9,11H2,1H3. The van der Waals surface area contributed by atoms with Crippen LogP contribution in [0.2, 0.25) is 0 Å². The largest absolute Gasteiger partial charge is 0.339 e. The van der Waals surface area contributed by atoms with Crippen molar-refractivity contribution in [1.29, 1.82) is 0 Å². The molecule has 1 aromatic heterocycles. The number of likely N-dealkylation sites (N-methyl/N-ethyl adjacent to an activating group) is 1. The fourth-order valence-electron chi connectivity index (χ4n) is 3.43. The molecule has 2 fully saturated rings. The highest BCUT2D eigenvalue weighted by Crippen LogP contribution is 2.24. The Labute approximate surface area is 135 Å². The van der Waals surface area contributed by atoms with Gasteiger partial charge in [0.05, 0.1) is 4.88 Å². The molecule has 1 aromatic rings. The van der Waals surface area contributed by atoms with E-state index in [-0.39, 0.29) is 17.9 Å². The lowest BCUT2D eigenvalue weighted by Crippen LogP contribution is -2.53. The molecule has 1 N–H and O–H groups in total. The van der Waals surface area contributed by atoms with E-state index in [1.807, 2.05) is 29.5 Å². The Kier molecular flexibility index (Phi) is 4.78. The van der Waals surface area contributed by atoms with E-state index < -0.39 is 0 Å². The first kappa shape index (κ1) is 15.5. The summed E-state index contributed by atoms with van der Waals surface area (Å²) in [5.74, 6) is 0.135. The van der Waals surface area contributed by atoms with Crippen molar-refractivity contribution >= 4 is 23.2 Å². The van der Waals surface area contributed by atoms with Gasteiger partial charge in [-0.1, -0.05) is 6.07 Å². The van der Waals surface area contributed by atoms with Gasteiger partial charge in [0.2, 0.25) is 5.91 Å². The van der Waals surface area contributed by atoms with Crippen LogP contribution in [0.3, 0.4) is 0 Å². The Bertz CT molecular complexity index is 532. The lowest BCUT2D eigenvalue weighted by atomic mass is 10.0. The van der Waals surface area contributed by atoms with Crippen molar-refractivity contribution in [2.75, 3.05) is 26.7 Å². The van der Waals surface area contributed by atoms with Gasteiger partial charge in [0.15, 0.2) is 0 Å². The molecule has 3 rings (SSSR count). The number of amides is 2. The number of carbonyl (C=O) groups excluding carboxylic acids is 2. The fraction of sp³-hybridized carbons (Fsp3) is 0.625. The topological polar surface area (TPSA) is 52.7 Å². The van der Waals surface area contributed by atoms with Crippen LogP contribution in [0.15, 0.2) is 17.5 Å². The zero-order valence-corrected chi connectivity index (χ0v) is 13.8. The molecular weight excluding hydrogens is 298 g/mol. The van der Waals surface area contributed by atoms with Gasteiger partial charge in [-0.15, -0.1) is 11.3 Å². The minimum Gasteiger partial charge on any atom is -0.339 e. The van der Waals surface area contributed by atoms with E-state index in [0.717, 1.165) is 43.6 Å². The summed E-state index contributed by atoms with van der Waals surface area (Å²) in [5, 5.41) is 5.17. The maximum atomic E-state index is 12.9. The number of rotatable bonds is 3. The summed E-state index contributed by atoms with van der Waals surface area (Å²) in [4.78, 5) is 29.9. The number of nitrogens with zero attached hydrogens (tertiary/aromatic N) is 2. The van der Waals surface area contributed by atoms with Crippen molar-refractivity contribution in [1.82, 2.24) is 15.1 Å². The van der Waals surface area contributed by atoms with Gasteiger partial charge in [0.25, 0.3) is 5.91 Å². The fourth-order valence-corrected chi connectivity index (χ4v) is 4.11. The number of likely N-dealkylation sites (tertiary alicyclic amines) is 2. The normalized spacial score (nSPS) is 25.5. The summed E-state index contributed by atoms with van der Waals surface area (Å²) in [6.45, 7) is 2.26. The van der Waals surface area contributed by atoms with Crippen LogP contribution in [0.25, 0.3) is 0 Å². The Morgan fingerprint density at radius 2 is 2.09 bits per heavy atom. The number of thiophene rings is 1. The van der Waals surface area contributed by atoms with Crippen LogP contribution in [-0.2, 0) is 4.79 Å². The second kappa shape index (κ2) is 6.79. The molecule has 2 aliphatic heterocycles. The Morgan fingerprint density at radius 1 is 1.27 bits per heavy atom. The Balaban J connectivity index is 1.70. The first-order valence-electron chi connectivity index (χ1n) is 8.01. The van der Waals surface area contributed by atoms with Crippen molar-refractivity contribution < 1.29 is 9.59 Å². The van der Waals surface area contributed by atoms with Crippen LogP contribution in [0.4, 0.5) is 0 Å². The van der Waals surface area contributed by atoms with Crippen molar-refractivity contribution in [2.45, 2.75) is 37.8 Å². The average Bonchev–Trinajstić information content (AvgIpc) is 3.24. The lowest BCUT2D eigenvalue weighted by molar-refractivity contribution is -0.136. The van der Waals surface area contributed by atoms with Crippen LogP contribution in [0.5, 0.6) is 0 Å². The number of hydrogen-bond acceptors (Lipinski definition) is 4. The number of hydrogen-bond donors (Lipinski definition) is 1. The summed E-state index contributed by atoms with van der Waals surface area (Å²) in [7, 11) is 1.95. The molecule has 0 radical (unpaired) electrons. The number of nitrogens with one attached hydrogen (secondary N) is 1. The van der Waals surface area contributed by atoms with E-state index in [0.29, 0.717) is 12.6 Å². The monoisotopic (exact) mass is 321 g/mol. The smallest absolute Gasteiger partial charge is 0.264 e. The van der Waals surface area contributed by atoms with E-state index in [1.165, 1.54) is 11.3 Å². The van der Waals surface area contributed by atoms with E-state index in [1.54, 1.807) is 4.90 Å². The lowest BCUT2D eigenvalue weighted by Gasteiger charge is -2.36. The predicted octanol–water partition coefficient (Wildman–Crippen LogP) is 1.56. The zero-order valence-electron chi connectivity index (χ0n) is 13.0. The molecule has 0 bridgehead atoms. The van der Waals surface area contributed by atoms with Crippen LogP contribution in [0.1, 0.15) is 35.4 Å². The van der Waals surface area contributed by atoms with Crippen LogP contribution in [-0.4, -0.2) is 60.4 Å². The first-order valence-corrected chi connectivity index (χ1v) is 8.89. The van der Waals surface area contributed by atoms with Crippen LogP contribution >= 0.6 is 11.3 Å². The molecule has 3 heterocycles. The average molecular weight is 321 g/mol. The number of carbonyl (C=O) groups is 2. The van der Waals surface area contributed by atoms with Crippen LogP contribution in [0, 0.1) is 0 Å². The van der Waals surface area contributed by atoms with Crippen molar-refractivity contribution in [2.24, 2.45) is 0 Å². The summed E-state index contributed by atoms with van der Waals surface area (Å²) < 4.78 is 0. The highest BCUT2D eigenvalue weighted by atomic mass is 32.1. The first-order chi connectivity index (χ1) is 10.7. The molecule has 0 aromatic carbocycles. The molecule has 120 valence electrons. The summed E-state index contributed by atoms with van der Waals surface area (Å²) in [5.41, 5.74) is 0. The highest BCUT2D eigenvalue weighted by Gasteiger charge is 2.38. The van der Waals surface area contributed by atoms with Gasteiger partial charge in [-0.3, -0.25) is 9.59 Å². The quantitative estimate of drug-likeness (QED) is 0.919. The van der Waals surface area contributed by atoms with E-state index in [9.17, 15) is 9.59 Å². The van der Waals surface area contributed by atoms with Gasteiger partial charge in [0, 0.05) is 25.7 Å². The van der Waals surface area contributed by atoms with Crippen molar-refractivity contribution in [3.63, 3.8) is 0 Å². The molecule has 2 aliphatic rings. The van der Waals surface area contributed by atoms with Gasteiger partial charge in [-0.25, -0.2) is 0 Å². The maximum Gasteiger partial charge on any atom is 0.264 e. The van der Waals surface area contributed by atoms with E-state index >= 15 is 0 Å². The van der Waals surface area contributed by atoms with Crippen molar-refractivity contribution in [3.8, 4) is 0 Å². The maximum absolute atomic E-state index is 12.9. The second-order valence-corrected chi connectivity index (χ2v) is 6.99. The molecule has 6 heteroatoms. The zero-order chi connectivity index (χ0) is 15.5. The molecular formula is C16H23N3O2S.